The van der Waals surface area contributed by atoms with Gasteiger partial charge in [-0.15, -0.1) is 0 Å². The maximum Gasteiger partial charge on any atom is 0.134 e. The Labute approximate surface area is 138 Å². The van der Waals surface area contributed by atoms with Gasteiger partial charge in [-0.05, 0) is 55.1 Å². The Morgan fingerprint density at radius 3 is 2.67 bits per heavy atom. The second kappa shape index (κ2) is 5.91. The molecule has 0 aliphatic rings. The molecule has 0 saturated heterocycles. The van der Waals surface area contributed by atoms with Crippen LogP contribution in [-0.4, -0.2) is 7.05 Å². The molecule has 1 atom stereocenters. The van der Waals surface area contributed by atoms with Gasteiger partial charge in [-0.3, -0.25) is 0 Å². The van der Waals surface area contributed by atoms with Crippen molar-refractivity contribution < 1.29 is 8.81 Å². The van der Waals surface area contributed by atoms with Gasteiger partial charge in [0, 0.05) is 14.3 Å². The first-order valence-corrected chi connectivity index (χ1v) is 7.98. The molecule has 0 amide bonds. The van der Waals surface area contributed by atoms with Gasteiger partial charge in [0.15, 0.2) is 0 Å². The van der Waals surface area contributed by atoms with Crippen molar-refractivity contribution in [2.24, 2.45) is 0 Å². The molecule has 0 aliphatic carbocycles. The molecule has 21 heavy (non-hydrogen) atoms. The normalized spacial score (nSPS) is 12.8. The highest BCUT2D eigenvalue weighted by Gasteiger charge is 2.19. The largest absolute Gasteiger partial charge is 0.459 e. The van der Waals surface area contributed by atoms with E-state index in [-0.39, 0.29) is 11.9 Å². The Morgan fingerprint density at radius 2 is 1.90 bits per heavy atom. The molecule has 1 N–H and O–H groups in total. The van der Waals surface area contributed by atoms with E-state index >= 15 is 0 Å². The number of benzene rings is 2. The van der Waals surface area contributed by atoms with E-state index in [9.17, 15) is 4.39 Å². The average Bonchev–Trinajstić information content (AvgIpc) is 2.86. The summed E-state index contributed by atoms with van der Waals surface area (Å²) in [5.74, 6) is 0.483. The van der Waals surface area contributed by atoms with Crippen molar-refractivity contribution in [3.05, 3.63) is 68.6 Å². The minimum absolute atomic E-state index is 0.118. The van der Waals surface area contributed by atoms with Gasteiger partial charge in [-0.2, -0.15) is 0 Å². The zero-order valence-electron chi connectivity index (χ0n) is 11.2. The highest BCUT2D eigenvalue weighted by atomic mass is 79.9. The standard InChI is InChI=1S/C16H12Br2FNO/c1-20-16(12-8-10(17)2-4-13(12)18)15-7-9-6-11(19)3-5-14(9)21-15/h2-8,16,20H,1H3. The van der Waals surface area contributed by atoms with Gasteiger partial charge < -0.3 is 9.73 Å². The number of nitrogens with one attached hydrogen (secondary N) is 1. The fourth-order valence-electron chi connectivity index (χ4n) is 2.36. The monoisotopic (exact) mass is 411 g/mol. The predicted octanol–water partition coefficient (Wildman–Crippen LogP) is 5.41. The number of furan rings is 1. The van der Waals surface area contributed by atoms with Gasteiger partial charge in [0.2, 0.25) is 0 Å². The number of rotatable bonds is 3. The number of hydrogen-bond donors (Lipinski definition) is 1. The van der Waals surface area contributed by atoms with Crippen LogP contribution < -0.4 is 5.32 Å². The van der Waals surface area contributed by atoms with E-state index in [1.807, 2.05) is 31.3 Å². The van der Waals surface area contributed by atoms with E-state index in [1.54, 1.807) is 6.07 Å². The smallest absolute Gasteiger partial charge is 0.134 e. The maximum absolute atomic E-state index is 13.3. The molecule has 0 radical (unpaired) electrons. The van der Waals surface area contributed by atoms with Crippen LogP contribution in [0.5, 0.6) is 0 Å². The van der Waals surface area contributed by atoms with Crippen molar-refractivity contribution in [1.82, 2.24) is 5.32 Å². The quantitative estimate of drug-likeness (QED) is 0.622. The van der Waals surface area contributed by atoms with Crippen molar-refractivity contribution in [2.75, 3.05) is 7.05 Å². The third-order valence-electron chi connectivity index (χ3n) is 3.34. The lowest BCUT2D eigenvalue weighted by molar-refractivity contribution is 0.490. The minimum atomic E-state index is -0.264. The first-order valence-electron chi connectivity index (χ1n) is 6.39. The van der Waals surface area contributed by atoms with Crippen molar-refractivity contribution in [1.29, 1.82) is 0 Å². The lowest BCUT2D eigenvalue weighted by Gasteiger charge is -2.16. The lowest BCUT2D eigenvalue weighted by Crippen LogP contribution is -2.17. The van der Waals surface area contributed by atoms with Crippen LogP contribution in [0.1, 0.15) is 17.4 Å². The average molecular weight is 413 g/mol. The highest BCUT2D eigenvalue weighted by molar-refractivity contribution is 9.11. The molecule has 1 heterocycles. The van der Waals surface area contributed by atoms with E-state index in [1.165, 1.54) is 12.1 Å². The van der Waals surface area contributed by atoms with E-state index in [0.29, 0.717) is 5.58 Å². The summed E-state index contributed by atoms with van der Waals surface area (Å²) in [5, 5.41) is 4.00. The third-order valence-corrected chi connectivity index (χ3v) is 4.56. The summed E-state index contributed by atoms with van der Waals surface area (Å²) >= 11 is 7.04. The molecule has 0 saturated carbocycles. The molecular formula is C16H12Br2FNO. The maximum atomic E-state index is 13.3. The Kier molecular flexibility index (Phi) is 4.15. The van der Waals surface area contributed by atoms with Crippen LogP contribution in [0.25, 0.3) is 11.0 Å². The Bertz CT molecular complexity index is 800. The molecule has 108 valence electrons. The van der Waals surface area contributed by atoms with Crippen molar-refractivity contribution in [3.63, 3.8) is 0 Å². The topological polar surface area (TPSA) is 25.2 Å². The molecular weight excluding hydrogens is 401 g/mol. The molecule has 2 nitrogen and oxygen atoms in total. The Balaban J connectivity index is 2.11. The zero-order valence-corrected chi connectivity index (χ0v) is 14.3. The summed E-state index contributed by atoms with van der Waals surface area (Å²) < 4.78 is 21.1. The van der Waals surface area contributed by atoms with E-state index < -0.39 is 0 Å². The molecule has 3 rings (SSSR count). The summed E-state index contributed by atoms with van der Waals surface area (Å²) in [6, 6.07) is 12.3. The molecule has 3 aromatic rings. The molecule has 1 unspecified atom stereocenters. The summed E-state index contributed by atoms with van der Waals surface area (Å²) in [6.45, 7) is 0. The molecule has 5 heteroatoms. The molecule has 0 bridgehead atoms. The molecule has 0 aliphatic heterocycles. The minimum Gasteiger partial charge on any atom is -0.459 e. The van der Waals surface area contributed by atoms with E-state index in [4.69, 9.17) is 4.42 Å². The fourth-order valence-corrected chi connectivity index (χ4v) is 3.22. The van der Waals surface area contributed by atoms with E-state index in [2.05, 4.69) is 37.2 Å². The van der Waals surface area contributed by atoms with Gasteiger partial charge in [0.1, 0.15) is 17.2 Å². The predicted molar refractivity (Wildman–Crippen MR) is 88.9 cm³/mol. The Hall–Kier alpha value is -1.17. The summed E-state index contributed by atoms with van der Waals surface area (Å²) in [7, 11) is 1.87. The number of hydrogen-bond acceptors (Lipinski definition) is 2. The van der Waals surface area contributed by atoms with Crippen LogP contribution in [0.2, 0.25) is 0 Å². The molecule has 0 fully saturated rings. The van der Waals surface area contributed by atoms with Crippen molar-refractivity contribution in [2.45, 2.75) is 6.04 Å². The first kappa shape index (κ1) is 14.8. The van der Waals surface area contributed by atoms with Crippen LogP contribution in [0.15, 0.2) is 55.8 Å². The second-order valence-electron chi connectivity index (χ2n) is 4.72. The van der Waals surface area contributed by atoms with Crippen LogP contribution in [0.3, 0.4) is 0 Å². The SMILES string of the molecule is CNC(c1cc2cc(F)ccc2o1)c1cc(Br)ccc1Br. The highest BCUT2D eigenvalue weighted by Crippen LogP contribution is 2.33. The van der Waals surface area contributed by atoms with Crippen LogP contribution in [0.4, 0.5) is 4.39 Å². The lowest BCUT2D eigenvalue weighted by atomic mass is 10.0. The third kappa shape index (κ3) is 2.91. The molecule has 0 spiro atoms. The molecule has 2 aromatic carbocycles. The van der Waals surface area contributed by atoms with Gasteiger partial charge >= 0.3 is 0 Å². The Morgan fingerprint density at radius 1 is 1.10 bits per heavy atom. The van der Waals surface area contributed by atoms with Gasteiger partial charge in [-0.25, -0.2) is 4.39 Å². The van der Waals surface area contributed by atoms with Gasteiger partial charge in [0.25, 0.3) is 0 Å². The van der Waals surface area contributed by atoms with Crippen molar-refractivity contribution in [3.8, 4) is 0 Å². The summed E-state index contributed by atoms with van der Waals surface area (Å²) in [6.07, 6.45) is 0. The molecule has 1 aromatic heterocycles. The van der Waals surface area contributed by atoms with Crippen molar-refractivity contribution >= 4 is 42.8 Å². The summed E-state index contributed by atoms with van der Waals surface area (Å²) in [5.41, 5.74) is 1.73. The van der Waals surface area contributed by atoms with Gasteiger partial charge in [0.05, 0.1) is 6.04 Å². The first-order chi connectivity index (χ1) is 10.1. The number of halogens is 3. The number of fused-ring (bicyclic) bond motifs is 1. The van der Waals surface area contributed by atoms with Crippen LogP contribution in [0, 0.1) is 5.82 Å². The summed E-state index contributed by atoms with van der Waals surface area (Å²) in [4.78, 5) is 0. The fraction of sp³-hybridized carbons (Fsp3) is 0.125. The van der Waals surface area contributed by atoms with Crippen LogP contribution >= 0.6 is 31.9 Å². The van der Waals surface area contributed by atoms with Gasteiger partial charge in [-0.1, -0.05) is 31.9 Å². The van der Waals surface area contributed by atoms with E-state index in [0.717, 1.165) is 25.7 Å². The second-order valence-corrected chi connectivity index (χ2v) is 6.49. The zero-order chi connectivity index (χ0) is 15.0. The van der Waals surface area contributed by atoms with Crippen LogP contribution in [-0.2, 0) is 0 Å².